The predicted octanol–water partition coefficient (Wildman–Crippen LogP) is 6.16. The summed E-state index contributed by atoms with van der Waals surface area (Å²) in [7, 11) is 0. The van der Waals surface area contributed by atoms with Crippen LogP contribution in [0.25, 0.3) is 10.8 Å². The molecular weight excluding hydrogens is 576 g/mol. The molecule has 0 spiro atoms. The number of likely N-dealkylation sites (tertiary alicyclic amines) is 1. The number of ether oxygens (including phenoxy) is 1. The van der Waals surface area contributed by atoms with E-state index in [0.717, 1.165) is 85.9 Å². The number of benzene rings is 3. The second kappa shape index (κ2) is 14.3. The van der Waals surface area contributed by atoms with Crippen LogP contribution in [0.15, 0.2) is 54.6 Å². The first kappa shape index (κ1) is 33.5. The zero-order valence-electron chi connectivity index (χ0n) is 27.8. The van der Waals surface area contributed by atoms with E-state index < -0.39 is 17.3 Å². The highest BCUT2D eigenvalue weighted by Gasteiger charge is 2.32. The molecule has 1 atom stereocenters. The summed E-state index contributed by atoms with van der Waals surface area (Å²) < 4.78 is 5.36. The number of carbonyl (C=O) groups excluding carboxylic acids is 2. The van der Waals surface area contributed by atoms with Gasteiger partial charge in [-0.25, -0.2) is 4.79 Å². The quantitative estimate of drug-likeness (QED) is 0.245. The number of carbonyl (C=O) groups is 2. The largest absolute Gasteiger partial charge is 0.444 e. The lowest BCUT2D eigenvalue weighted by Gasteiger charge is -2.39. The van der Waals surface area contributed by atoms with Crippen LogP contribution < -0.4 is 16.0 Å². The van der Waals surface area contributed by atoms with Crippen molar-refractivity contribution in [3.8, 4) is 11.8 Å². The van der Waals surface area contributed by atoms with Crippen molar-refractivity contribution in [3.63, 3.8) is 0 Å². The number of hydrogen-bond acceptors (Lipinski definition) is 6. The van der Waals surface area contributed by atoms with E-state index in [0.29, 0.717) is 17.2 Å². The molecule has 4 N–H and O–H groups in total. The van der Waals surface area contributed by atoms with Gasteiger partial charge in [-0.05, 0) is 127 Å². The molecule has 2 heterocycles. The molecule has 3 aromatic carbocycles. The van der Waals surface area contributed by atoms with Crippen molar-refractivity contribution >= 4 is 28.5 Å². The first-order chi connectivity index (χ1) is 21.9. The van der Waals surface area contributed by atoms with Crippen LogP contribution in [0, 0.1) is 24.7 Å². The minimum Gasteiger partial charge on any atom is -0.444 e. The van der Waals surface area contributed by atoms with Crippen LogP contribution in [-0.4, -0.2) is 65.9 Å². The lowest BCUT2D eigenvalue weighted by atomic mass is 9.89. The number of amides is 2. The number of aliphatic hydroxyl groups is 1. The zero-order valence-corrected chi connectivity index (χ0v) is 27.8. The molecule has 2 aliphatic heterocycles. The van der Waals surface area contributed by atoms with Gasteiger partial charge in [0.05, 0.1) is 11.6 Å². The van der Waals surface area contributed by atoms with Crippen molar-refractivity contribution in [2.45, 2.75) is 77.5 Å². The number of β-amino-alcohol motifs (C(OH)–C–C–N with tert-alkyl or cyclic N) is 1. The second-order valence-corrected chi connectivity index (χ2v) is 13.9. The van der Waals surface area contributed by atoms with Crippen molar-refractivity contribution in [1.82, 2.24) is 15.5 Å². The highest BCUT2D eigenvalue weighted by molar-refractivity contribution is 5.98. The normalized spacial score (nSPS) is 17.9. The Balaban J connectivity index is 1.25. The Morgan fingerprint density at radius 3 is 2.46 bits per heavy atom. The van der Waals surface area contributed by atoms with E-state index in [-0.39, 0.29) is 11.9 Å². The van der Waals surface area contributed by atoms with Gasteiger partial charge >= 0.3 is 6.09 Å². The van der Waals surface area contributed by atoms with Crippen LogP contribution in [0.5, 0.6) is 0 Å². The molecule has 8 heteroatoms. The van der Waals surface area contributed by atoms with Gasteiger partial charge < -0.3 is 25.4 Å². The van der Waals surface area contributed by atoms with Gasteiger partial charge in [0.2, 0.25) is 0 Å². The van der Waals surface area contributed by atoms with Gasteiger partial charge in [0.15, 0.2) is 0 Å². The van der Waals surface area contributed by atoms with E-state index in [2.05, 4.69) is 57.0 Å². The third-order valence-corrected chi connectivity index (χ3v) is 8.95. The Bertz CT molecular complexity index is 1620. The van der Waals surface area contributed by atoms with E-state index in [1.807, 2.05) is 32.0 Å². The molecule has 46 heavy (non-hydrogen) atoms. The van der Waals surface area contributed by atoms with E-state index in [1.165, 1.54) is 0 Å². The van der Waals surface area contributed by atoms with Crippen molar-refractivity contribution in [1.29, 1.82) is 0 Å². The maximum atomic E-state index is 13.5. The number of anilines is 1. The fourth-order valence-corrected chi connectivity index (χ4v) is 6.41. The second-order valence-electron chi connectivity index (χ2n) is 13.9. The van der Waals surface area contributed by atoms with Crippen LogP contribution in [0.1, 0.15) is 86.5 Å². The average molecular weight is 625 g/mol. The van der Waals surface area contributed by atoms with Crippen molar-refractivity contribution < 1.29 is 19.4 Å². The molecule has 0 bridgehead atoms. The topological polar surface area (TPSA) is 103 Å². The number of nitrogens with zero attached hydrogens (tertiary/aromatic N) is 1. The van der Waals surface area contributed by atoms with Crippen LogP contribution in [0.2, 0.25) is 0 Å². The molecule has 2 aliphatic rings. The molecule has 0 unspecified atom stereocenters. The number of hydrogen-bond donors (Lipinski definition) is 4. The number of fused-ring (bicyclic) bond motifs is 1. The van der Waals surface area contributed by atoms with Crippen LogP contribution in [-0.2, 0) is 4.74 Å². The molecule has 0 aliphatic carbocycles. The summed E-state index contributed by atoms with van der Waals surface area (Å²) in [6.07, 6.45) is 3.09. The van der Waals surface area contributed by atoms with Crippen LogP contribution in [0.4, 0.5) is 10.5 Å². The minimum atomic E-state index is -0.622. The first-order valence-corrected chi connectivity index (χ1v) is 16.5. The Morgan fingerprint density at radius 1 is 1.07 bits per heavy atom. The molecule has 2 fully saturated rings. The smallest absolute Gasteiger partial charge is 0.412 e. The molecule has 2 amide bonds. The number of rotatable bonds is 6. The third kappa shape index (κ3) is 8.67. The van der Waals surface area contributed by atoms with Crippen molar-refractivity contribution in [3.05, 3.63) is 76.9 Å². The average Bonchev–Trinajstić information content (AvgIpc) is 3.00. The number of piperidine rings is 2. The summed E-state index contributed by atoms with van der Waals surface area (Å²) in [4.78, 5) is 28.1. The van der Waals surface area contributed by atoms with E-state index in [9.17, 15) is 14.7 Å². The molecule has 244 valence electrons. The third-order valence-electron chi connectivity index (χ3n) is 8.95. The van der Waals surface area contributed by atoms with Gasteiger partial charge in [-0.15, -0.1) is 0 Å². The summed E-state index contributed by atoms with van der Waals surface area (Å²) in [6, 6.07) is 17.3. The predicted molar refractivity (Wildman–Crippen MR) is 184 cm³/mol. The Labute approximate surface area is 273 Å². The highest BCUT2D eigenvalue weighted by Crippen LogP contribution is 2.29. The molecule has 8 nitrogen and oxygen atoms in total. The Morgan fingerprint density at radius 2 is 1.76 bits per heavy atom. The lowest BCUT2D eigenvalue weighted by Crippen LogP contribution is -2.51. The minimum absolute atomic E-state index is 0.218. The van der Waals surface area contributed by atoms with Crippen molar-refractivity contribution in [2.24, 2.45) is 5.92 Å². The first-order valence-electron chi connectivity index (χ1n) is 16.5. The van der Waals surface area contributed by atoms with E-state index >= 15 is 0 Å². The van der Waals surface area contributed by atoms with Crippen molar-refractivity contribution in [2.75, 3.05) is 38.0 Å². The van der Waals surface area contributed by atoms with Gasteiger partial charge in [-0.1, -0.05) is 48.2 Å². The van der Waals surface area contributed by atoms with E-state index in [1.54, 1.807) is 32.9 Å². The Kier molecular flexibility index (Phi) is 10.4. The highest BCUT2D eigenvalue weighted by atomic mass is 16.6. The number of aryl methyl sites for hydroxylation is 1. The maximum Gasteiger partial charge on any atom is 0.412 e. The van der Waals surface area contributed by atoms with Gasteiger partial charge in [0.1, 0.15) is 5.60 Å². The maximum absolute atomic E-state index is 13.5. The molecule has 0 aromatic heterocycles. The molecule has 0 saturated carbocycles. The monoisotopic (exact) mass is 624 g/mol. The Hall–Kier alpha value is -3.90. The zero-order chi connectivity index (χ0) is 32.9. The summed E-state index contributed by atoms with van der Waals surface area (Å²) in [5, 5.41) is 22.3. The van der Waals surface area contributed by atoms with Gasteiger partial charge in [-0.2, -0.15) is 0 Å². The molecule has 5 rings (SSSR count). The van der Waals surface area contributed by atoms with Crippen LogP contribution in [0.3, 0.4) is 0 Å². The SMILES string of the molecule is Cc1ccc(NC(=O)OC(C)(C)C)cc1C(=O)N[C@H](C)c1ccc(C#CC2CCN(CC3(O)CCNCC3)CC2)c2ccccc12. The molecule has 3 aromatic rings. The fraction of sp³-hybridized carbons (Fsp3) is 0.474. The lowest BCUT2D eigenvalue weighted by molar-refractivity contribution is -0.0261. The van der Waals surface area contributed by atoms with Gasteiger partial charge in [-0.3, -0.25) is 10.1 Å². The molecule has 0 radical (unpaired) electrons. The fourth-order valence-electron chi connectivity index (χ4n) is 6.41. The number of nitrogens with one attached hydrogen (secondary N) is 3. The molecule has 2 saturated heterocycles. The van der Waals surface area contributed by atoms with Gasteiger partial charge in [0, 0.05) is 29.3 Å². The van der Waals surface area contributed by atoms with Gasteiger partial charge in [0.25, 0.3) is 5.91 Å². The summed E-state index contributed by atoms with van der Waals surface area (Å²) in [6.45, 7) is 13.7. The summed E-state index contributed by atoms with van der Waals surface area (Å²) >= 11 is 0. The summed E-state index contributed by atoms with van der Waals surface area (Å²) in [5.41, 5.74) is 2.61. The standard InChI is InChI=1S/C38H48N4O4/c1-26-10-14-30(41-36(44)46-37(3,4)5)24-34(26)35(43)40-27(2)31-15-13-29(32-8-6-7-9-33(31)32)12-11-28-16-22-42(23-17-28)25-38(45)18-20-39-21-19-38/h6-10,13-15,24,27-28,39,45H,16-23,25H2,1-5H3,(H,40,43)(H,41,44)/t27-/m1/s1. The van der Waals surface area contributed by atoms with Crippen LogP contribution >= 0.6 is 0 Å². The summed E-state index contributed by atoms with van der Waals surface area (Å²) in [5.74, 6) is 7.14. The van der Waals surface area contributed by atoms with E-state index in [4.69, 9.17) is 4.74 Å². The molecular formula is C38H48N4O4.